The summed E-state index contributed by atoms with van der Waals surface area (Å²) in [6.45, 7) is 2.25. The van der Waals surface area contributed by atoms with Gasteiger partial charge in [-0.05, 0) is 61.8 Å². The molecule has 2 rings (SSSR count). The maximum atomic E-state index is 14.0. The number of hydrogen-bond donors (Lipinski definition) is 2. The molecule has 1 atom stereocenters. The average molecular weight is 315 g/mol. The van der Waals surface area contributed by atoms with Crippen LogP contribution in [0.3, 0.4) is 0 Å². The fourth-order valence-corrected chi connectivity index (χ4v) is 3.46. The molecule has 0 heterocycles. The Morgan fingerprint density at radius 2 is 2.14 bits per heavy atom. The van der Waals surface area contributed by atoms with Gasteiger partial charge in [0.15, 0.2) is 0 Å². The summed E-state index contributed by atoms with van der Waals surface area (Å²) in [7, 11) is 1.72. The highest BCUT2D eigenvalue weighted by Crippen LogP contribution is 2.38. The van der Waals surface area contributed by atoms with E-state index in [2.05, 4.69) is 12.3 Å². The van der Waals surface area contributed by atoms with Gasteiger partial charge in [-0.15, -0.1) is 0 Å². The normalized spacial score (nSPS) is 27.6. The number of halogens is 2. The van der Waals surface area contributed by atoms with E-state index in [4.69, 9.17) is 22.2 Å². The second-order valence-electron chi connectivity index (χ2n) is 6.11. The zero-order valence-electron chi connectivity index (χ0n) is 12.7. The van der Waals surface area contributed by atoms with Crippen molar-refractivity contribution < 1.29 is 9.13 Å². The van der Waals surface area contributed by atoms with Gasteiger partial charge < -0.3 is 4.74 Å². The highest BCUT2D eigenvalue weighted by molar-refractivity contribution is 6.30. The molecule has 3 nitrogen and oxygen atoms in total. The molecule has 0 saturated heterocycles. The molecule has 21 heavy (non-hydrogen) atoms. The molecule has 0 radical (unpaired) electrons. The molecule has 1 aromatic carbocycles. The van der Waals surface area contributed by atoms with Gasteiger partial charge in [-0.3, -0.25) is 11.3 Å². The van der Waals surface area contributed by atoms with Crippen molar-refractivity contribution in [1.29, 1.82) is 0 Å². The Hall–Kier alpha value is -0.680. The molecule has 1 saturated carbocycles. The van der Waals surface area contributed by atoms with Crippen LogP contribution in [0, 0.1) is 11.7 Å². The van der Waals surface area contributed by atoms with Crippen LogP contribution < -0.4 is 11.3 Å². The second-order valence-corrected chi connectivity index (χ2v) is 6.55. The van der Waals surface area contributed by atoms with Crippen molar-refractivity contribution in [3.8, 4) is 0 Å². The average Bonchev–Trinajstić information content (AvgIpc) is 2.49. The summed E-state index contributed by atoms with van der Waals surface area (Å²) < 4.78 is 19.8. The Labute approximate surface area is 131 Å². The summed E-state index contributed by atoms with van der Waals surface area (Å²) in [6.07, 6.45) is 4.53. The number of hydrazine groups is 1. The van der Waals surface area contributed by atoms with Crippen LogP contribution in [0.15, 0.2) is 18.2 Å². The number of hydrogen-bond acceptors (Lipinski definition) is 3. The third-order valence-electron chi connectivity index (χ3n) is 4.80. The number of benzene rings is 1. The Bertz CT molecular complexity index is 475. The summed E-state index contributed by atoms with van der Waals surface area (Å²) in [5.74, 6) is 6.20. The zero-order valence-corrected chi connectivity index (χ0v) is 13.4. The molecule has 0 spiro atoms. The summed E-state index contributed by atoms with van der Waals surface area (Å²) in [5, 5.41) is 0.533. The Morgan fingerprint density at radius 3 is 2.71 bits per heavy atom. The van der Waals surface area contributed by atoms with E-state index < -0.39 is 0 Å². The van der Waals surface area contributed by atoms with Crippen molar-refractivity contribution in [3.63, 3.8) is 0 Å². The van der Waals surface area contributed by atoms with E-state index >= 15 is 0 Å². The minimum absolute atomic E-state index is 0.136. The van der Waals surface area contributed by atoms with Gasteiger partial charge in [-0.1, -0.05) is 18.5 Å². The standard InChI is InChI=1S/C16H24ClFN2O/c1-11-5-7-16(21-2,8-6-11)15(20-19)10-12-9-13(17)3-4-14(12)18/h3-4,9,11,15,20H,5-8,10,19H2,1-2H3. The van der Waals surface area contributed by atoms with Gasteiger partial charge in [0.1, 0.15) is 5.82 Å². The topological polar surface area (TPSA) is 47.3 Å². The van der Waals surface area contributed by atoms with Crippen LogP contribution in [-0.2, 0) is 11.2 Å². The Kier molecular flexibility index (Phi) is 5.60. The quantitative estimate of drug-likeness (QED) is 0.646. The van der Waals surface area contributed by atoms with Crippen LogP contribution >= 0.6 is 11.6 Å². The summed E-state index contributed by atoms with van der Waals surface area (Å²) >= 11 is 5.97. The zero-order chi connectivity index (χ0) is 15.5. The lowest BCUT2D eigenvalue weighted by molar-refractivity contribution is -0.0747. The third-order valence-corrected chi connectivity index (χ3v) is 5.03. The first-order chi connectivity index (χ1) is 10.0. The van der Waals surface area contributed by atoms with Gasteiger partial charge >= 0.3 is 0 Å². The van der Waals surface area contributed by atoms with E-state index in [1.54, 1.807) is 19.2 Å². The molecular weight excluding hydrogens is 291 g/mol. The smallest absolute Gasteiger partial charge is 0.126 e. The maximum absolute atomic E-state index is 14.0. The van der Waals surface area contributed by atoms with Crippen molar-refractivity contribution in [2.75, 3.05) is 7.11 Å². The van der Waals surface area contributed by atoms with Gasteiger partial charge in [-0.2, -0.15) is 0 Å². The number of rotatable bonds is 5. The van der Waals surface area contributed by atoms with Gasteiger partial charge in [-0.25, -0.2) is 4.39 Å². The van der Waals surface area contributed by atoms with E-state index in [0.717, 1.165) is 25.7 Å². The molecule has 0 aliphatic heterocycles. The van der Waals surface area contributed by atoms with E-state index in [0.29, 0.717) is 22.9 Å². The molecule has 5 heteroatoms. The fraction of sp³-hybridized carbons (Fsp3) is 0.625. The van der Waals surface area contributed by atoms with Gasteiger partial charge in [0.2, 0.25) is 0 Å². The molecule has 118 valence electrons. The lowest BCUT2D eigenvalue weighted by Crippen LogP contribution is -2.57. The molecular formula is C16H24ClFN2O. The number of ether oxygens (including phenoxy) is 1. The first kappa shape index (κ1) is 16.7. The number of nitrogens with two attached hydrogens (primary N) is 1. The van der Waals surface area contributed by atoms with Crippen molar-refractivity contribution >= 4 is 11.6 Å². The second kappa shape index (κ2) is 7.05. The van der Waals surface area contributed by atoms with Gasteiger partial charge in [0, 0.05) is 12.1 Å². The van der Waals surface area contributed by atoms with Crippen LogP contribution in [0.5, 0.6) is 0 Å². The maximum Gasteiger partial charge on any atom is 0.126 e. The lowest BCUT2D eigenvalue weighted by atomic mass is 9.74. The van der Waals surface area contributed by atoms with E-state index in [-0.39, 0.29) is 17.5 Å². The molecule has 1 aromatic rings. The van der Waals surface area contributed by atoms with Crippen LogP contribution in [-0.4, -0.2) is 18.8 Å². The molecule has 1 aliphatic carbocycles. The molecule has 3 N–H and O–H groups in total. The van der Waals surface area contributed by atoms with Crippen molar-refractivity contribution in [1.82, 2.24) is 5.43 Å². The third kappa shape index (κ3) is 3.75. The molecule has 0 bridgehead atoms. The van der Waals surface area contributed by atoms with E-state index in [1.165, 1.54) is 6.07 Å². The molecule has 1 aliphatic rings. The number of methoxy groups -OCH3 is 1. The predicted octanol–water partition coefficient (Wildman–Crippen LogP) is 3.45. The molecule has 0 aromatic heterocycles. The minimum atomic E-state index is -0.337. The van der Waals surface area contributed by atoms with Crippen LogP contribution in [0.2, 0.25) is 5.02 Å². The van der Waals surface area contributed by atoms with E-state index in [1.807, 2.05) is 0 Å². The fourth-order valence-electron chi connectivity index (χ4n) is 3.26. The highest BCUT2D eigenvalue weighted by Gasteiger charge is 2.41. The summed E-state index contributed by atoms with van der Waals surface area (Å²) in [4.78, 5) is 0. The highest BCUT2D eigenvalue weighted by atomic mass is 35.5. The van der Waals surface area contributed by atoms with Crippen molar-refractivity contribution in [2.24, 2.45) is 11.8 Å². The van der Waals surface area contributed by atoms with Gasteiger partial charge in [0.25, 0.3) is 0 Å². The van der Waals surface area contributed by atoms with Crippen LogP contribution in [0.25, 0.3) is 0 Å². The first-order valence-electron chi connectivity index (χ1n) is 7.46. The predicted molar refractivity (Wildman–Crippen MR) is 83.6 cm³/mol. The van der Waals surface area contributed by atoms with Crippen LogP contribution in [0.1, 0.15) is 38.2 Å². The molecule has 1 unspecified atom stereocenters. The lowest BCUT2D eigenvalue weighted by Gasteiger charge is -2.44. The summed E-state index contributed by atoms with van der Waals surface area (Å²) in [6, 6.07) is 4.48. The summed E-state index contributed by atoms with van der Waals surface area (Å²) in [5.41, 5.74) is 3.07. The number of nitrogens with one attached hydrogen (secondary N) is 1. The Balaban J connectivity index is 2.19. The first-order valence-corrected chi connectivity index (χ1v) is 7.84. The Morgan fingerprint density at radius 1 is 1.48 bits per heavy atom. The van der Waals surface area contributed by atoms with Crippen LogP contribution in [0.4, 0.5) is 4.39 Å². The van der Waals surface area contributed by atoms with Crippen molar-refractivity contribution in [2.45, 2.75) is 50.7 Å². The monoisotopic (exact) mass is 314 g/mol. The largest absolute Gasteiger partial charge is 0.377 e. The SMILES string of the molecule is COC1(C(Cc2cc(Cl)ccc2F)NN)CCC(C)CC1. The van der Waals surface area contributed by atoms with E-state index in [9.17, 15) is 4.39 Å². The van der Waals surface area contributed by atoms with Crippen molar-refractivity contribution in [3.05, 3.63) is 34.6 Å². The van der Waals surface area contributed by atoms with Gasteiger partial charge in [0.05, 0.1) is 11.6 Å². The minimum Gasteiger partial charge on any atom is -0.377 e. The molecule has 1 fully saturated rings. The molecule has 0 amide bonds.